The van der Waals surface area contributed by atoms with Crippen LogP contribution in [0.3, 0.4) is 0 Å². The molecule has 0 bridgehead atoms. The van der Waals surface area contributed by atoms with Crippen molar-refractivity contribution in [1.29, 1.82) is 0 Å². The first-order valence-electron chi connectivity index (χ1n) is 8.22. The van der Waals surface area contributed by atoms with Gasteiger partial charge in [0.05, 0.1) is 11.1 Å². The lowest BCUT2D eigenvalue weighted by Crippen LogP contribution is -2.62. The first-order chi connectivity index (χ1) is 11.5. The second kappa shape index (κ2) is 5.23. The molecule has 5 heteroatoms. The van der Waals surface area contributed by atoms with Crippen molar-refractivity contribution < 1.29 is 8.98 Å². The third kappa shape index (κ3) is 2.08. The standard InChI is InChI=1S/C19H21BN3O/c1-12-9-17(22(4)11-13(12)2)20-14(3)10-16-18(23(20)5)15-7-6-8-21-19(15)24-16/h6-11H,1-5H3/q+1. The lowest BCUT2D eigenvalue weighted by Gasteiger charge is -2.29. The molecule has 120 valence electrons. The van der Waals surface area contributed by atoms with E-state index in [1.54, 1.807) is 6.20 Å². The molecule has 1 aliphatic heterocycles. The molecule has 24 heavy (non-hydrogen) atoms. The molecule has 0 amide bonds. The van der Waals surface area contributed by atoms with Gasteiger partial charge in [0.2, 0.25) is 5.71 Å². The second-order valence-corrected chi connectivity index (χ2v) is 6.75. The Morgan fingerprint density at radius 3 is 2.79 bits per heavy atom. The van der Waals surface area contributed by atoms with E-state index in [0.29, 0.717) is 5.71 Å². The predicted molar refractivity (Wildman–Crippen MR) is 98.5 cm³/mol. The highest BCUT2D eigenvalue weighted by Crippen LogP contribution is 2.37. The molecule has 3 aromatic rings. The SMILES string of the molecule is CC1=Cc2oc3ncccc3c2N(C)B1c1cc(C)c(C)c[n+]1C. The van der Waals surface area contributed by atoms with E-state index < -0.39 is 0 Å². The van der Waals surface area contributed by atoms with Crippen LogP contribution in [0.4, 0.5) is 5.69 Å². The van der Waals surface area contributed by atoms with E-state index in [4.69, 9.17) is 4.42 Å². The van der Waals surface area contributed by atoms with E-state index in [2.05, 4.69) is 73.6 Å². The van der Waals surface area contributed by atoms with Crippen LogP contribution >= 0.6 is 0 Å². The number of pyridine rings is 2. The zero-order valence-electron chi connectivity index (χ0n) is 14.8. The van der Waals surface area contributed by atoms with E-state index in [-0.39, 0.29) is 6.85 Å². The Bertz CT molecular complexity index is 990. The van der Waals surface area contributed by atoms with Crippen LogP contribution in [0.25, 0.3) is 17.2 Å². The number of rotatable bonds is 1. The lowest BCUT2D eigenvalue weighted by atomic mass is 9.49. The fraction of sp³-hybridized carbons (Fsp3) is 0.263. The van der Waals surface area contributed by atoms with Crippen molar-refractivity contribution >= 4 is 35.3 Å². The van der Waals surface area contributed by atoms with Gasteiger partial charge in [-0.2, -0.15) is 0 Å². The molecule has 0 fully saturated rings. The van der Waals surface area contributed by atoms with E-state index in [1.165, 1.54) is 22.2 Å². The summed E-state index contributed by atoms with van der Waals surface area (Å²) in [5.74, 6) is 0.895. The van der Waals surface area contributed by atoms with E-state index in [0.717, 1.165) is 16.8 Å². The van der Waals surface area contributed by atoms with E-state index >= 15 is 0 Å². The van der Waals surface area contributed by atoms with Crippen molar-refractivity contribution in [3.05, 3.63) is 53.0 Å². The van der Waals surface area contributed by atoms with Crippen LogP contribution < -0.4 is 15.0 Å². The molecule has 0 unspecified atom stereocenters. The van der Waals surface area contributed by atoms with Gasteiger partial charge in [-0.15, -0.1) is 0 Å². The predicted octanol–water partition coefficient (Wildman–Crippen LogP) is 2.56. The Morgan fingerprint density at radius 2 is 2.00 bits per heavy atom. The number of anilines is 1. The molecule has 0 aliphatic carbocycles. The van der Waals surface area contributed by atoms with E-state index in [9.17, 15) is 0 Å². The summed E-state index contributed by atoms with van der Waals surface area (Å²) in [6.07, 6.45) is 6.13. The highest BCUT2D eigenvalue weighted by molar-refractivity contribution is 6.83. The second-order valence-electron chi connectivity index (χ2n) is 6.75. The minimum atomic E-state index is 0.183. The van der Waals surface area contributed by atoms with Crippen molar-refractivity contribution in [1.82, 2.24) is 4.98 Å². The Kier molecular flexibility index (Phi) is 3.27. The van der Waals surface area contributed by atoms with Crippen molar-refractivity contribution in [2.24, 2.45) is 7.05 Å². The number of hydrogen-bond donors (Lipinski definition) is 0. The number of allylic oxidation sites excluding steroid dienone is 1. The van der Waals surface area contributed by atoms with Gasteiger partial charge in [0.25, 0.3) is 0 Å². The Labute approximate surface area is 142 Å². The average molecular weight is 318 g/mol. The largest absolute Gasteiger partial charge is 0.436 e. The molecule has 0 saturated carbocycles. The molecule has 0 spiro atoms. The monoisotopic (exact) mass is 318 g/mol. The summed E-state index contributed by atoms with van der Waals surface area (Å²) in [5.41, 5.74) is 6.98. The lowest BCUT2D eigenvalue weighted by molar-refractivity contribution is -0.654. The third-order valence-electron chi connectivity index (χ3n) is 5.06. The number of fused-ring (bicyclic) bond motifs is 3. The maximum atomic E-state index is 5.95. The van der Waals surface area contributed by atoms with Gasteiger partial charge in [-0.25, -0.2) is 9.55 Å². The van der Waals surface area contributed by atoms with Crippen LogP contribution in [-0.2, 0) is 7.05 Å². The van der Waals surface area contributed by atoms with Gasteiger partial charge in [-0.1, -0.05) is 5.47 Å². The zero-order chi connectivity index (χ0) is 17.0. The van der Waals surface area contributed by atoms with Crippen LogP contribution in [0.5, 0.6) is 0 Å². The summed E-state index contributed by atoms with van der Waals surface area (Å²) < 4.78 is 8.18. The highest BCUT2D eigenvalue weighted by atomic mass is 16.3. The first-order valence-corrected chi connectivity index (χ1v) is 8.22. The molecule has 0 saturated heterocycles. The normalized spacial score (nSPS) is 14.1. The molecule has 0 radical (unpaired) electrons. The molecule has 4 heterocycles. The fourth-order valence-corrected chi connectivity index (χ4v) is 3.73. The van der Waals surface area contributed by atoms with Gasteiger partial charge >= 0.3 is 6.85 Å². The summed E-state index contributed by atoms with van der Waals surface area (Å²) in [7, 11) is 4.25. The third-order valence-corrected chi connectivity index (χ3v) is 5.06. The Hall–Kier alpha value is -2.56. The first kappa shape index (κ1) is 15.0. The fourth-order valence-electron chi connectivity index (χ4n) is 3.73. The Morgan fingerprint density at radius 1 is 1.21 bits per heavy atom. The molecule has 4 rings (SSSR count). The molecule has 0 atom stereocenters. The van der Waals surface area contributed by atoms with Crippen molar-refractivity contribution in [2.75, 3.05) is 11.9 Å². The van der Waals surface area contributed by atoms with E-state index in [1.807, 2.05) is 6.07 Å². The van der Waals surface area contributed by atoms with Gasteiger partial charge < -0.3 is 9.23 Å². The number of nitrogens with zero attached hydrogens (tertiary/aromatic N) is 3. The van der Waals surface area contributed by atoms with Gasteiger partial charge in [-0.3, -0.25) is 0 Å². The number of aryl methyl sites for hydroxylation is 3. The molecule has 0 N–H and O–H groups in total. The molecule has 1 aliphatic rings. The topological polar surface area (TPSA) is 33.2 Å². The van der Waals surface area contributed by atoms with Gasteiger partial charge in [0, 0.05) is 17.8 Å². The minimum Gasteiger partial charge on any atom is -0.436 e. The van der Waals surface area contributed by atoms with Gasteiger partial charge in [-0.05, 0) is 51.6 Å². The summed E-state index contributed by atoms with van der Waals surface area (Å²) in [6, 6.07) is 6.33. The average Bonchev–Trinajstić information content (AvgIpc) is 2.90. The van der Waals surface area contributed by atoms with Crippen LogP contribution in [0.2, 0.25) is 0 Å². The summed E-state index contributed by atoms with van der Waals surface area (Å²) in [6.45, 7) is 6.67. The van der Waals surface area contributed by atoms with Crippen LogP contribution in [0, 0.1) is 13.8 Å². The molecule has 4 nitrogen and oxygen atoms in total. The van der Waals surface area contributed by atoms with Crippen molar-refractivity contribution in [2.45, 2.75) is 20.8 Å². The quantitative estimate of drug-likeness (QED) is 0.511. The molecular formula is C19H21BN3O+. The smallest absolute Gasteiger partial charge is 0.399 e. The van der Waals surface area contributed by atoms with Crippen molar-refractivity contribution in [3.63, 3.8) is 0 Å². The number of furan rings is 1. The maximum absolute atomic E-state index is 5.95. The number of hydrogen-bond acceptors (Lipinski definition) is 3. The van der Waals surface area contributed by atoms with Crippen LogP contribution in [-0.4, -0.2) is 18.9 Å². The summed E-state index contributed by atoms with van der Waals surface area (Å²) in [5, 5.41) is 1.07. The zero-order valence-corrected chi connectivity index (χ0v) is 14.8. The van der Waals surface area contributed by atoms with Gasteiger partial charge in [0.1, 0.15) is 7.05 Å². The van der Waals surface area contributed by atoms with Gasteiger partial charge in [0.15, 0.2) is 17.6 Å². The summed E-state index contributed by atoms with van der Waals surface area (Å²) in [4.78, 5) is 6.67. The number of aromatic nitrogens is 2. The molecule has 0 aromatic carbocycles. The molecular weight excluding hydrogens is 297 g/mol. The van der Waals surface area contributed by atoms with Crippen molar-refractivity contribution in [3.8, 4) is 0 Å². The highest BCUT2D eigenvalue weighted by Gasteiger charge is 2.39. The minimum absolute atomic E-state index is 0.183. The maximum Gasteiger partial charge on any atom is 0.399 e. The van der Waals surface area contributed by atoms with Crippen LogP contribution in [0.15, 0.2) is 40.5 Å². The molecule has 3 aromatic heterocycles. The Balaban J connectivity index is 1.92. The van der Waals surface area contributed by atoms with Crippen LogP contribution in [0.1, 0.15) is 23.8 Å². The summed E-state index contributed by atoms with van der Waals surface area (Å²) >= 11 is 0.